The van der Waals surface area contributed by atoms with E-state index in [0.717, 1.165) is 49.0 Å². The van der Waals surface area contributed by atoms with E-state index < -0.39 is 11.9 Å². The molecule has 27 heavy (non-hydrogen) atoms. The lowest BCUT2D eigenvalue weighted by atomic mass is 10.2. The number of halogens is 1. The van der Waals surface area contributed by atoms with Crippen molar-refractivity contribution in [3.8, 4) is 0 Å². The van der Waals surface area contributed by atoms with Crippen LogP contribution in [0.15, 0.2) is 60.7 Å². The standard InChI is InChI=1S/C20H20ClN3O3/c21-15-1-5-17(6-2-15)23-11-13-24(14-12-23)18-7-3-16(4-8-18)22-19(25)9-10-20(26)27/h1-10H,11-14H2,(H,22,25)(H,26,27)/b10-9+. The predicted molar refractivity (Wildman–Crippen MR) is 108 cm³/mol. The highest BCUT2D eigenvalue weighted by Gasteiger charge is 2.17. The highest BCUT2D eigenvalue weighted by molar-refractivity contribution is 6.30. The van der Waals surface area contributed by atoms with Gasteiger partial charge in [0.15, 0.2) is 0 Å². The molecule has 0 bridgehead atoms. The summed E-state index contributed by atoms with van der Waals surface area (Å²) in [5.41, 5.74) is 2.88. The van der Waals surface area contributed by atoms with E-state index in [1.807, 2.05) is 48.5 Å². The van der Waals surface area contributed by atoms with E-state index in [2.05, 4.69) is 15.1 Å². The van der Waals surface area contributed by atoms with Crippen LogP contribution in [0.2, 0.25) is 5.02 Å². The molecule has 0 aliphatic carbocycles. The molecule has 0 unspecified atom stereocenters. The van der Waals surface area contributed by atoms with Crippen molar-refractivity contribution in [2.75, 3.05) is 41.3 Å². The van der Waals surface area contributed by atoms with E-state index in [9.17, 15) is 9.59 Å². The fourth-order valence-corrected chi connectivity index (χ4v) is 3.09. The van der Waals surface area contributed by atoms with Crippen LogP contribution in [0.1, 0.15) is 0 Å². The van der Waals surface area contributed by atoms with E-state index in [-0.39, 0.29) is 0 Å². The number of hydrogen-bond donors (Lipinski definition) is 2. The number of carbonyl (C=O) groups is 2. The molecule has 0 radical (unpaired) electrons. The molecular weight excluding hydrogens is 366 g/mol. The third-order valence-electron chi connectivity index (χ3n) is 4.35. The van der Waals surface area contributed by atoms with Crippen LogP contribution >= 0.6 is 11.6 Å². The minimum absolute atomic E-state index is 0.471. The van der Waals surface area contributed by atoms with Crippen molar-refractivity contribution in [3.05, 3.63) is 65.7 Å². The Morgan fingerprint density at radius 2 is 1.33 bits per heavy atom. The molecule has 2 aromatic rings. The van der Waals surface area contributed by atoms with E-state index >= 15 is 0 Å². The maximum Gasteiger partial charge on any atom is 0.328 e. The van der Waals surface area contributed by atoms with Gasteiger partial charge in [0.2, 0.25) is 5.91 Å². The number of amides is 1. The van der Waals surface area contributed by atoms with Crippen molar-refractivity contribution in [1.82, 2.24) is 0 Å². The highest BCUT2D eigenvalue weighted by atomic mass is 35.5. The zero-order valence-electron chi connectivity index (χ0n) is 14.6. The molecule has 0 aromatic heterocycles. The molecular formula is C20H20ClN3O3. The normalized spacial score (nSPS) is 14.4. The van der Waals surface area contributed by atoms with Crippen molar-refractivity contribution in [1.29, 1.82) is 0 Å². The van der Waals surface area contributed by atoms with Gasteiger partial charge in [-0.25, -0.2) is 4.79 Å². The first kappa shape index (κ1) is 18.8. The van der Waals surface area contributed by atoms with Crippen LogP contribution < -0.4 is 15.1 Å². The van der Waals surface area contributed by atoms with Gasteiger partial charge in [-0.3, -0.25) is 4.79 Å². The quantitative estimate of drug-likeness (QED) is 0.773. The third-order valence-corrected chi connectivity index (χ3v) is 4.60. The molecule has 1 aliphatic heterocycles. The van der Waals surface area contributed by atoms with Gasteiger partial charge < -0.3 is 20.2 Å². The van der Waals surface area contributed by atoms with Crippen molar-refractivity contribution in [2.24, 2.45) is 0 Å². The molecule has 1 aliphatic rings. The number of carboxylic acids is 1. The number of nitrogens with zero attached hydrogens (tertiary/aromatic N) is 2. The molecule has 1 saturated heterocycles. The van der Waals surface area contributed by atoms with Crippen molar-refractivity contribution in [3.63, 3.8) is 0 Å². The van der Waals surface area contributed by atoms with Crippen molar-refractivity contribution < 1.29 is 14.7 Å². The predicted octanol–water partition coefficient (Wildman–Crippen LogP) is 3.25. The van der Waals surface area contributed by atoms with Crippen LogP contribution in [0.4, 0.5) is 17.1 Å². The lowest BCUT2D eigenvalue weighted by molar-refractivity contribution is -0.131. The Labute approximate surface area is 162 Å². The van der Waals surface area contributed by atoms with Gasteiger partial charge in [-0.2, -0.15) is 0 Å². The molecule has 2 aromatic carbocycles. The summed E-state index contributed by atoms with van der Waals surface area (Å²) in [6.45, 7) is 3.63. The van der Waals surface area contributed by atoms with E-state index in [1.54, 1.807) is 0 Å². The number of aliphatic carboxylic acids is 1. The monoisotopic (exact) mass is 385 g/mol. The minimum Gasteiger partial charge on any atom is -0.478 e. The van der Waals surface area contributed by atoms with Gasteiger partial charge in [0.1, 0.15) is 0 Å². The third kappa shape index (κ3) is 5.24. The van der Waals surface area contributed by atoms with Crippen molar-refractivity contribution in [2.45, 2.75) is 0 Å². The summed E-state index contributed by atoms with van der Waals surface area (Å²) >= 11 is 5.95. The number of carbonyl (C=O) groups excluding carboxylic acids is 1. The smallest absolute Gasteiger partial charge is 0.328 e. The Balaban J connectivity index is 1.55. The molecule has 0 spiro atoms. The van der Waals surface area contributed by atoms with Crippen molar-refractivity contribution >= 4 is 40.5 Å². The molecule has 1 heterocycles. The van der Waals surface area contributed by atoms with Gasteiger partial charge in [-0.1, -0.05) is 11.6 Å². The summed E-state index contributed by atoms with van der Waals surface area (Å²) in [5.74, 6) is -1.63. The van der Waals surface area contributed by atoms with Crippen LogP contribution in [0, 0.1) is 0 Å². The molecule has 6 nitrogen and oxygen atoms in total. The topological polar surface area (TPSA) is 72.9 Å². The van der Waals surface area contributed by atoms with E-state index in [1.165, 1.54) is 5.69 Å². The van der Waals surface area contributed by atoms with Gasteiger partial charge in [-0.15, -0.1) is 0 Å². The average molecular weight is 386 g/mol. The molecule has 2 N–H and O–H groups in total. The first-order valence-electron chi connectivity index (χ1n) is 8.59. The summed E-state index contributed by atoms with van der Waals surface area (Å²) < 4.78 is 0. The lowest BCUT2D eigenvalue weighted by Gasteiger charge is -2.37. The first-order chi connectivity index (χ1) is 13.0. The highest BCUT2D eigenvalue weighted by Crippen LogP contribution is 2.23. The van der Waals surface area contributed by atoms with Gasteiger partial charge in [0, 0.05) is 60.4 Å². The second-order valence-corrected chi connectivity index (χ2v) is 6.59. The van der Waals surface area contributed by atoms with Gasteiger partial charge >= 0.3 is 5.97 Å². The Bertz CT molecular complexity index is 827. The van der Waals surface area contributed by atoms with E-state index in [4.69, 9.17) is 16.7 Å². The number of carboxylic acid groups (broad SMARTS) is 1. The van der Waals surface area contributed by atoms with E-state index in [0.29, 0.717) is 5.69 Å². The largest absolute Gasteiger partial charge is 0.478 e. The Morgan fingerprint density at radius 1 is 0.852 bits per heavy atom. The van der Waals surface area contributed by atoms with Crippen LogP contribution in [-0.2, 0) is 9.59 Å². The van der Waals surface area contributed by atoms with Gasteiger partial charge in [0.05, 0.1) is 0 Å². The number of benzene rings is 2. The number of piperazine rings is 1. The summed E-state index contributed by atoms with van der Waals surface area (Å²) in [5, 5.41) is 11.9. The maximum absolute atomic E-state index is 11.6. The zero-order chi connectivity index (χ0) is 19.2. The molecule has 0 atom stereocenters. The summed E-state index contributed by atoms with van der Waals surface area (Å²) in [7, 11) is 0. The van der Waals surface area contributed by atoms with Crippen LogP contribution in [0.25, 0.3) is 0 Å². The lowest BCUT2D eigenvalue weighted by Crippen LogP contribution is -2.46. The fraction of sp³-hybridized carbons (Fsp3) is 0.200. The molecule has 1 fully saturated rings. The Kier molecular flexibility index (Phi) is 5.98. The number of hydrogen-bond acceptors (Lipinski definition) is 4. The molecule has 0 saturated carbocycles. The Morgan fingerprint density at radius 3 is 1.81 bits per heavy atom. The molecule has 7 heteroatoms. The minimum atomic E-state index is -1.15. The van der Waals surface area contributed by atoms with Gasteiger partial charge in [0.25, 0.3) is 0 Å². The second-order valence-electron chi connectivity index (χ2n) is 6.16. The number of nitrogens with one attached hydrogen (secondary N) is 1. The van der Waals surface area contributed by atoms with Crippen LogP contribution in [-0.4, -0.2) is 43.2 Å². The van der Waals surface area contributed by atoms with Gasteiger partial charge in [-0.05, 0) is 48.5 Å². The zero-order valence-corrected chi connectivity index (χ0v) is 15.4. The van der Waals surface area contributed by atoms with Crippen LogP contribution in [0.3, 0.4) is 0 Å². The fourth-order valence-electron chi connectivity index (χ4n) is 2.96. The number of rotatable bonds is 5. The SMILES string of the molecule is O=C(O)/C=C/C(=O)Nc1ccc(N2CCN(c3ccc(Cl)cc3)CC2)cc1. The summed E-state index contributed by atoms with van der Waals surface area (Å²) in [4.78, 5) is 26.7. The average Bonchev–Trinajstić information content (AvgIpc) is 2.68. The Hall–Kier alpha value is -2.99. The van der Waals surface area contributed by atoms with Crippen LogP contribution in [0.5, 0.6) is 0 Å². The number of anilines is 3. The molecule has 1 amide bonds. The summed E-state index contributed by atoms with van der Waals surface area (Å²) in [6, 6.07) is 15.4. The molecule has 140 valence electrons. The first-order valence-corrected chi connectivity index (χ1v) is 8.96. The second kappa shape index (κ2) is 8.60. The molecule has 3 rings (SSSR count). The maximum atomic E-state index is 11.6. The summed E-state index contributed by atoms with van der Waals surface area (Å²) in [6.07, 6.45) is 1.80.